The summed E-state index contributed by atoms with van der Waals surface area (Å²) in [5.74, 6) is -0.532. The van der Waals surface area contributed by atoms with Crippen LogP contribution in [-0.4, -0.2) is 142 Å². The number of halogens is 7. The van der Waals surface area contributed by atoms with Crippen molar-refractivity contribution in [2.45, 2.75) is 155 Å². The van der Waals surface area contributed by atoms with E-state index in [0.717, 1.165) is 43.0 Å². The fourth-order valence-electron chi connectivity index (χ4n) is 9.33. The molecule has 498 valence electrons. The Balaban J connectivity index is 0.000000276. The number of amides is 4. The smallest absolute Gasteiger partial charge is 0.399 e. The summed E-state index contributed by atoms with van der Waals surface area (Å²) < 4.78 is 150. The minimum Gasteiger partial charge on any atom is -0.399 e. The molecule has 4 amide bonds. The number of benzene rings is 2. The molecule has 2 aliphatic carbocycles. The first-order valence-corrected chi connectivity index (χ1v) is 32.7. The van der Waals surface area contributed by atoms with Crippen molar-refractivity contribution in [3.63, 3.8) is 0 Å². The number of nitrogens with one attached hydrogen (secondary N) is 4. The van der Waals surface area contributed by atoms with E-state index in [1.54, 1.807) is 42.5 Å². The van der Waals surface area contributed by atoms with E-state index in [4.69, 9.17) is 41.9 Å². The highest BCUT2D eigenvalue weighted by Gasteiger charge is 2.52. The van der Waals surface area contributed by atoms with Gasteiger partial charge in [-0.25, -0.2) is 36.4 Å². The Bertz CT molecular complexity index is 3180. The average molecular weight is 1340 g/mol. The number of nitrogens with two attached hydrogens (primary N) is 2. The number of hydrogen-bond acceptors (Lipinski definition) is 14. The number of carbonyl (C=O) groups is 2. The molecule has 2 aromatic carbocycles. The Morgan fingerprint density at radius 2 is 1.04 bits per heavy atom. The van der Waals surface area contributed by atoms with Crippen LogP contribution in [0.25, 0.3) is 11.1 Å². The summed E-state index contributed by atoms with van der Waals surface area (Å²) in [6.45, 7) is 23.8. The number of pyridine rings is 2. The lowest BCUT2D eigenvalue weighted by Crippen LogP contribution is -2.41. The van der Waals surface area contributed by atoms with Gasteiger partial charge in [-0.3, -0.25) is 9.44 Å². The molecule has 0 bridgehead atoms. The third-order valence-electron chi connectivity index (χ3n) is 14.9. The lowest BCUT2D eigenvalue weighted by Gasteiger charge is -2.32. The predicted molar refractivity (Wildman–Crippen MR) is 344 cm³/mol. The number of aromatic nitrogens is 2. The zero-order chi connectivity index (χ0) is 65.6. The Labute approximate surface area is 531 Å². The number of hydrogen-bond donors (Lipinski definition) is 6. The second kappa shape index (κ2) is 32.7. The maximum atomic E-state index is 12.6. The van der Waals surface area contributed by atoms with Gasteiger partial charge in [0.05, 0.1) is 21.7 Å². The fraction of sp³-hybridized carbons (Fsp3) is 0.586. The molecule has 5 fully saturated rings. The quantitative estimate of drug-likeness (QED) is 0.0450. The maximum Gasteiger partial charge on any atom is 0.495 e. The molecule has 31 heteroatoms. The van der Waals surface area contributed by atoms with E-state index in [1.807, 2.05) is 75.3 Å². The van der Waals surface area contributed by atoms with Crippen molar-refractivity contribution in [1.82, 2.24) is 19.8 Å². The summed E-state index contributed by atoms with van der Waals surface area (Å²) in [6.07, 6.45) is -6.92. The first kappa shape index (κ1) is 76.0. The zero-order valence-electron chi connectivity index (χ0n) is 52.0. The zero-order valence-corrected chi connectivity index (χ0v) is 55.4. The molecule has 3 aliphatic heterocycles. The number of nitrogens with zero attached hydrogens (tertiary/aromatic N) is 4. The molecule has 0 unspecified atom stereocenters. The van der Waals surface area contributed by atoms with Gasteiger partial charge >= 0.3 is 31.5 Å². The van der Waals surface area contributed by atoms with Crippen molar-refractivity contribution in [2.75, 3.05) is 84.2 Å². The first-order valence-electron chi connectivity index (χ1n) is 29.2. The standard InChI is InChI=1S/C22H26F3N5O3S.C20H28BF3N2O3.C8H10ClN3O2S.2C4H10O.H2S/c1-13-2-3-16(27-21(31)30-7-6-14(12-30)11-22(23,24)25)10-18(13)15-8-19(26)28-20(9-15)29-34(32,33)17-4-5-17;1-13-6-7-15(10-16(13)21-28-18(2,3)19(4,5)29-21)25-17(27)26-9-8-14(12-26)11-20(22,23)24;9-5-3-7(10)11-8(4-5)12-15(13,14)6-1-2-6;2*1-3-5-4-2;/h2-3,8-10,14,17H,4-7,11-12H2,1H3,(H,27,31)(H3,26,28,29);6-7,10,14H,8-9,11-12H2,1-5H3,(H,25,27);3-4,6H,1-2H2,(H3,10,11,12);2*3-4H2,1-2H3;1H2/t2*14-;;;;/m00..../s1. The highest BCUT2D eigenvalue weighted by molar-refractivity contribution is 7.93. The van der Waals surface area contributed by atoms with Crippen LogP contribution in [0.3, 0.4) is 0 Å². The van der Waals surface area contributed by atoms with Gasteiger partial charge in [0, 0.05) is 87.9 Å². The topological polar surface area (TPSA) is 272 Å². The SMILES string of the molecule is CCOCC.CCOCC.Cc1ccc(NC(=O)N2CC[C@@H](CC(F)(F)F)C2)cc1-c1cc(N)nc(NS(=O)(=O)C2CC2)c1.Cc1ccc(NC(=O)N2CC[C@@H](CC(F)(F)F)C2)cc1B1OC(C)(C)C(C)(C)O1.Nc1cc(Cl)cc(NS(=O)(=O)C2CC2)n1.S. The van der Waals surface area contributed by atoms with Crippen LogP contribution in [-0.2, 0) is 38.8 Å². The van der Waals surface area contributed by atoms with E-state index in [-0.39, 0.29) is 61.7 Å². The highest BCUT2D eigenvalue weighted by atomic mass is 35.5. The Hall–Kier alpha value is -5.50. The number of sulfonamides is 2. The van der Waals surface area contributed by atoms with Gasteiger partial charge in [0.2, 0.25) is 20.0 Å². The number of ether oxygens (including phenoxy) is 2. The monoisotopic (exact) mass is 1340 g/mol. The number of alkyl halides is 6. The number of nitrogen functional groups attached to an aromatic ring is 2. The molecule has 2 saturated carbocycles. The van der Waals surface area contributed by atoms with E-state index in [2.05, 4.69) is 30.0 Å². The lowest BCUT2D eigenvalue weighted by molar-refractivity contribution is -0.144. The van der Waals surface area contributed by atoms with Crippen molar-refractivity contribution >= 4 is 104 Å². The van der Waals surface area contributed by atoms with Crippen molar-refractivity contribution in [1.29, 1.82) is 0 Å². The molecule has 3 saturated heterocycles. The predicted octanol–water partition coefficient (Wildman–Crippen LogP) is 11.9. The number of likely N-dealkylation sites (tertiary alicyclic amines) is 2. The molecule has 89 heavy (non-hydrogen) atoms. The first-order chi connectivity index (χ1) is 41.0. The average Bonchev–Trinajstić information content (AvgIpc) is 1.89. The Kier molecular flexibility index (Phi) is 27.9. The van der Waals surface area contributed by atoms with Gasteiger partial charge in [-0.05, 0) is 184 Å². The van der Waals surface area contributed by atoms with E-state index >= 15 is 0 Å². The number of anilines is 6. The summed E-state index contributed by atoms with van der Waals surface area (Å²) in [7, 11) is -7.37. The summed E-state index contributed by atoms with van der Waals surface area (Å²) in [5.41, 5.74) is 15.4. The molecule has 5 aliphatic rings. The summed E-state index contributed by atoms with van der Waals surface area (Å²) in [4.78, 5) is 35.9. The molecule has 8 N–H and O–H groups in total. The minimum absolute atomic E-state index is 0. The molecule has 2 aromatic heterocycles. The van der Waals surface area contributed by atoms with Gasteiger partial charge in [0.15, 0.2) is 0 Å². The molecule has 4 aromatic rings. The highest BCUT2D eigenvalue weighted by Crippen LogP contribution is 2.38. The largest absolute Gasteiger partial charge is 0.495 e. The third-order valence-corrected chi connectivity index (χ3v) is 18.8. The van der Waals surface area contributed by atoms with Crippen molar-refractivity contribution < 1.29 is 71.5 Å². The van der Waals surface area contributed by atoms with Gasteiger partial charge in [-0.15, -0.1) is 0 Å². The normalized spacial score (nSPS) is 18.5. The molecular weight excluding hydrogens is 1250 g/mol. The van der Waals surface area contributed by atoms with Gasteiger partial charge in [0.25, 0.3) is 0 Å². The summed E-state index contributed by atoms with van der Waals surface area (Å²) in [5, 5.41) is 5.19. The van der Waals surface area contributed by atoms with Crippen LogP contribution in [0.5, 0.6) is 0 Å². The fourth-order valence-corrected chi connectivity index (χ4v) is 12.2. The van der Waals surface area contributed by atoms with E-state index in [1.165, 1.54) is 21.9 Å². The molecule has 2 atom stereocenters. The van der Waals surface area contributed by atoms with Crippen LogP contribution in [0.4, 0.5) is 70.6 Å². The van der Waals surface area contributed by atoms with Gasteiger partial charge in [0.1, 0.15) is 23.3 Å². The molecule has 5 heterocycles. The van der Waals surface area contributed by atoms with Crippen LogP contribution >= 0.6 is 25.1 Å². The van der Waals surface area contributed by atoms with Crippen LogP contribution in [0, 0.1) is 25.7 Å². The summed E-state index contributed by atoms with van der Waals surface area (Å²) >= 11 is 5.72. The van der Waals surface area contributed by atoms with E-state index in [9.17, 15) is 52.8 Å². The lowest BCUT2D eigenvalue weighted by atomic mass is 9.76. The van der Waals surface area contributed by atoms with Crippen molar-refractivity contribution in [3.05, 3.63) is 76.8 Å². The molecule has 0 radical (unpaired) electrons. The van der Waals surface area contributed by atoms with Gasteiger partial charge in [-0.1, -0.05) is 29.3 Å². The maximum absolute atomic E-state index is 12.6. The van der Waals surface area contributed by atoms with Crippen molar-refractivity contribution in [3.8, 4) is 11.1 Å². The van der Waals surface area contributed by atoms with Crippen LogP contribution < -0.4 is 37.0 Å². The molecule has 9 rings (SSSR count). The molecule has 20 nitrogen and oxygen atoms in total. The Morgan fingerprint density at radius 1 is 0.640 bits per heavy atom. The van der Waals surface area contributed by atoms with Crippen LogP contribution in [0.1, 0.15) is 118 Å². The Morgan fingerprint density at radius 3 is 1.44 bits per heavy atom. The third kappa shape index (κ3) is 24.6. The summed E-state index contributed by atoms with van der Waals surface area (Å²) in [6, 6.07) is 15.8. The second-order valence-electron chi connectivity index (χ2n) is 22.9. The van der Waals surface area contributed by atoms with Crippen molar-refractivity contribution in [2.24, 2.45) is 11.8 Å². The van der Waals surface area contributed by atoms with Crippen LogP contribution in [0.15, 0.2) is 60.7 Å². The second-order valence-corrected chi connectivity index (χ2v) is 27.3. The number of carbonyl (C=O) groups excluding carboxylic acids is 2. The van der Waals surface area contributed by atoms with E-state index in [0.29, 0.717) is 72.6 Å². The van der Waals surface area contributed by atoms with Gasteiger partial charge < -0.3 is 50.7 Å². The number of rotatable bonds is 16. The molecule has 0 spiro atoms. The van der Waals surface area contributed by atoms with Gasteiger partial charge in [-0.2, -0.15) is 39.8 Å². The van der Waals surface area contributed by atoms with Crippen LogP contribution in [0.2, 0.25) is 5.02 Å². The van der Waals surface area contributed by atoms with E-state index < -0.39 is 92.7 Å². The number of aryl methyl sites for hydroxylation is 2. The molecular formula is C58H86BClF6N10O10S3. The number of urea groups is 2. The minimum atomic E-state index is -4.25.